The first-order chi connectivity index (χ1) is 17.0. The van der Waals surface area contributed by atoms with Crippen molar-refractivity contribution in [1.29, 1.82) is 0 Å². The zero-order chi connectivity index (χ0) is 24.8. The lowest BCUT2D eigenvalue weighted by Gasteiger charge is -2.13. The molecule has 0 saturated heterocycles. The summed E-state index contributed by atoms with van der Waals surface area (Å²) in [6.07, 6.45) is 1.60. The number of esters is 1. The largest absolute Gasteiger partial charge is 0.494 e. The van der Waals surface area contributed by atoms with Crippen LogP contribution in [0.25, 0.3) is 6.08 Å². The molecule has 0 aromatic heterocycles. The quantitative estimate of drug-likeness (QED) is 0.261. The van der Waals surface area contributed by atoms with Crippen molar-refractivity contribution in [2.75, 3.05) is 13.2 Å². The molecule has 0 fully saturated rings. The Hall–Kier alpha value is -3.84. The summed E-state index contributed by atoms with van der Waals surface area (Å²) in [5.41, 5.74) is 1.74. The first-order valence-corrected chi connectivity index (χ1v) is 11.4. The van der Waals surface area contributed by atoms with Crippen LogP contribution in [0.4, 0.5) is 4.39 Å². The maximum atomic E-state index is 14.1. The Kier molecular flexibility index (Phi) is 7.67. The van der Waals surface area contributed by atoms with Crippen molar-refractivity contribution in [1.82, 2.24) is 0 Å². The lowest BCUT2D eigenvalue weighted by Crippen LogP contribution is -2.05. The Bertz CT molecular complexity index is 1270. The second-order valence-corrected chi connectivity index (χ2v) is 7.83. The molecule has 0 aliphatic carbocycles. The number of carbonyl (C=O) groups is 1. The predicted molar refractivity (Wildman–Crippen MR) is 132 cm³/mol. The second kappa shape index (κ2) is 11.1. The first-order valence-electron chi connectivity index (χ1n) is 11.1. The standard InChI is InChI=1S/C27H23ClFNO5/c1-3-32-19-11-9-18(10-12-19)26-30-23(27(31)35-26)14-17-8-13-24(25(15-17)33-4-2)34-16-20-21(28)6-5-7-22(20)29/h5-15H,3-4,16H2,1-2H3/b23-14+. The van der Waals surface area contributed by atoms with Crippen LogP contribution in [-0.2, 0) is 16.1 Å². The SMILES string of the molecule is CCOc1ccc(C2=N/C(=C/c3ccc(OCc4c(F)cccc4Cl)c(OCC)c3)C(=O)O2)cc1. The lowest BCUT2D eigenvalue weighted by molar-refractivity contribution is -0.129. The number of hydrogen-bond acceptors (Lipinski definition) is 6. The molecule has 4 rings (SSSR count). The summed E-state index contributed by atoms with van der Waals surface area (Å²) in [7, 11) is 0. The minimum absolute atomic E-state index is 0.0614. The highest BCUT2D eigenvalue weighted by Crippen LogP contribution is 2.32. The molecule has 0 N–H and O–H groups in total. The maximum absolute atomic E-state index is 14.1. The van der Waals surface area contributed by atoms with E-state index in [2.05, 4.69) is 4.99 Å². The van der Waals surface area contributed by atoms with Gasteiger partial charge in [-0.05, 0) is 74.0 Å². The summed E-state index contributed by atoms with van der Waals surface area (Å²) in [6.45, 7) is 4.63. The number of rotatable bonds is 9. The number of halogens is 2. The van der Waals surface area contributed by atoms with Crippen molar-refractivity contribution in [3.8, 4) is 17.2 Å². The number of nitrogens with zero attached hydrogens (tertiary/aromatic N) is 1. The zero-order valence-electron chi connectivity index (χ0n) is 19.2. The fourth-order valence-corrected chi connectivity index (χ4v) is 3.59. The van der Waals surface area contributed by atoms with Crippen molar-refractivity contribution < 1.29 is 28.1 Å². The average Bonchev–Trinajstić information content (AvgIpc) is 3.21. The van der Waals surface area contributed by atoms with Gasteiger partial charge in [0.1, 0.15) is 18.2 Å². The van der Waals surface area contributed by atoms with Crippen LogP contribution in [-0.4, -0.2) is 25.1 Å². The van der Waals surface area contributed by atoms with E-state index in [1.54, 1.807) is 54.6 Å². The van der Waals surface area contributed by atoms with Gasteiger partial charge in [0.05, 0.1) is 18.2 Å². The molecule has 0 bridgehead atoms. The van der Waals surface area contributed by atoms with E-state index in [1.165, 1.54) is 12.1 Å². The summed E-state index contributed by atoms with van der Waals surface area (Å²) in [5, 5.41) is 0.283. The van der Waals surface area contributed by atoms with Gasteiger partial charge < -0.3 is 18.9 Å². The molecule has 0 atom stereocenters. The predicted octanol–water partition coefficient (Wildman–Crippen LogP) is 6.20. The van der Waals surface area contributed by atoms with E-state index in [0.717, 1.165) is 5.75 Å². The van der Waals surface area contributed by atoms with E-state index in [0.29, 0.717) is 35.8 Å². The molecule has 0 unspecified atom stereocenters. The van der Waals surface area contributed by atoms with Crippen molar-refractivity contribution in [2.24, 2.45) is 4.99 Å². The van der Waals surface area contributed by atoms with E-state index >= 15 is 0 Å². The normalized spacial score (nSPS) is 14.0. The average molecular weight is 496 g/mol. The van der Waals surface area contributed by atoms with Gasteiger partial charge >= 0.3 is 5.97 Å². The molecule has 180 valence electrons. The van der Waals surface area contributed by atoms with Crippen LogP contribution in [0.2, 0.25) is 5.02 Å². The Morgan fingerprint density at radius 3 is 2.46 bits per heavy atom. The molecule has 1 heterocycles. The van der Waals surface area contributed by atoms with Gasteiger partial charge in [0, 0.05) is 11.1 Å². The zero-order valence-corrected chi connectivity index (χ0v) is 20.0. The lowest BCUT2D eigenvalue weighted by atomic mass is 10.1. The van der Waals surface area contributed by atoms with Crippen molar-refractivity contribution >= 4 is 29.5 Å². The molecule has 0 amide bonds. The first kappa shape index (κ1) is 24.3. The molecule has 6 nitrogen and oxygen atoms in total. The molecule has 3 aromatic rings. The minimum Gasteiger partial charge on any atom is -0.494 e. The highest BCUT2D eigenvalue weighted by Gasteiger charge is 2.24. The molecular formula is C27H23ClFNO5. The van der Waals surface area contributed by atoms with Crippen LogP contribution in [0.3, 0.4) is 0 Å². The van der Waals surface area contributed by atoms with Gasteiger partial charge in [-0.3, -0.25) is 0 Å². The van der Waals surface area contributed by atoms with Gasteiger partial charge in [0.2, 0.25) is 5.90 Å². The van der Waals surface area contributed by atoms with Crippen LogP contribution in [0.5, 0.6) is 17.2 Å². The van der Waals surface area contributed by atoms with E-state index in [-0.39, 0.29) is 28.8 Å². The summed E-state index contributed by atoms with van der Waals surface area (Å²) in [4.78, 5) is 16.7. The summed E-state index contributed by atoms with van der Waals surface area (Å²) in [5.74, 6) is 0.799. The van der Waals surface area contributed by atoms with Gasteiger partial charge in [-0.2, -0.15) is 0 Å². The summed E-state index contributed by atoms with van der Waals surface area (Å²) >= 11 is 6.09. The number of benzene rings is 3. The molecule has 0 saturated carbocycles. The molecule has 35 heavy (non-hydrogen) atoms. The fourth-order valence-electron chi connectivity index (χ4n) is 3.37. The Labute approximate surface area is 207 Å². The number of cyclic esters (lactones) is 1. The van der Waals surface area contributed by atoms with Gasteiger partial charge in [0.15, 0.2) is 17.2 Å². The number of carbonyl (C=O) groups excluding carboxylic acids is 1. The van der Waals surface area contributed by atoms with Gasteiger partial charge in [-0.1, -0.05) is 23.7 Å². The van der Waals surface area contributed by atoms with E-state index < -0.39 is 11.8 Å². The Morgan fingerprint density at radius 2 is 1.74 bits per heavy atom. The van der Waals surface area contributed by atoms with Crippen molar-refractivity contribution in [3.63, 3.8) is 0 Å². The molecule has 3 aromatic carbocycles. The third-order valence-corrected chi connectivity index (χ3v) is 5.39. The smallest absolute Gasteiger partial charge is 0.363 e. The summed E-state index contributed by atoms with van der Waals surface area (Å²) in [6, 6.07) is 16.7. The van der Waals surface area contributed by atoms with E-state index in [4.69, 9.17) is 30.5 Å². The molecule has 8 heteroatoms. The monoisotopic (exact) mass is 495 g/mol. The van der Waals surface area contributed by atoms with Crippen LogP contribution in [0.15, 0.2) is 71.4 Å². The second-order valence-electron chi connectivity index (χ2n) is 7.42. The van der Waals surface area contributed by atoms with Crippen LogP contribution in [0, 0.1) is 5.82 Å². The number of ether oxygens (including phenoxy) is 4. The highest BCUT2D eigenvalue weighted by molar-refractivity contribution is 6.31. The number of aliphatic imine (C=N–C) groups is 1. The topological polar surface area (TPSA) is 66.3 Å². The third-order valence-electron chi connectivity index (χ3n) is 5.04. The highest BCUT2D eigenvalue weighted by atomic mass is 35.5. The minimum atomic E-state index is -0.554. The molecule has 1 aliphatic heterocycles. The molecule has 0 radical (unpaired) electrons. The third kappa shape index (κ3) is 5.81. The number of hydrogen-bond donors (Lipinski definition) is 0. The molecule has 1 aliphatic rings. The van der Waals surface area contributed by atoms with Gasteiger partial charge in [-0.25, -0.2) is 14.2 Å². The Morgan fingerprint density at radius 1 is 0.971 bits per heavy atom. The van der Waals surface area contributed by atoms with Gasteiger partial charge in [0.25, 0.3) is 0 Å². The van der Waals surface area contributed by atoms with Gasteiger partial charge in [-0.15, -0.1) is 0 Å². The van der Waals surface area contributed by atoms with E-state index in [1.807, 2.05) is 13.8 Å². The van der Waals surface area contributed by atoms with E-state index in [9.17, 15) is 9.18 Å². The molecule has 0 spiro atoms. The Balaban J connectivity index is 1.54. The van der Waals surface area contributed by atoms with Crippen LogP contribution in [0.1, 0.15) is 30.5 Å². The van der Waals surface area contributed by atoms with Crippen LogP contribution < -0.4 is 14.2 Å². The maximum Gasteiger partial charge on any atom is 0.363 e. The van der Waals surface area contributed by atoms with Crippen molar-refractivity contribution in [3.05, 3.63) is 93.9 Å². The summed E-state index contributed by atoms with van der Waals surface area (Å²) < 4.78 is 36.3. The molecular weight excluding hydrogens is 473 g/mol. The van der Waals surface area contributed by atoms with Crippen LogP contribution >= 0.6 is 11.6 Å². The van der Waals surface area contributed by atoms with Crippen molar-refractivity contribution in [2.45, 2.75) is 20.5 Å². The fraction of sp³-hybridized carbons (Fsp3) is 0.185.